The highest BCUT2D eigenvalue weighted by atomic mass is 35.5. The number of halogens is 3. The minimum Gasteiger partial charge on any atom is -0.292 e. The smallest absolute Gasteiger partial charge is 0.292 e. The molecule has 0 bridgehead atoms. The molecule has 0 spiro atoms. The zero-order valence-corrected chi connectivity index (χ0v) is 15.6. The number of Topliss-reactive ketones (excluding diaryl/α,β-unsaturated/α-hetero) is 1. The van der Waals surface area contributed by atoms with Crippen LogP contribution in [0.4, 0.5) is 11.4 Å². The van der Waals surface area contributed by atoms with E-state index in [0.29, 0.717) is 5.82 Å². The van der Waals surface area contributed by atoms with Crippen molar-refractivity contribution in [2.75, 3.05) is 0 Å². The molecule has 14 heteroatoms. The van der Waals surface area contributed by atoms with Crippen molar-refractivity contribution in [3.63, 3.8) is 0 Å². The average Bonchev–Trinajstić information content (AvgIpc) is 2.44. The van der Waals surface area contributed by atoms with E-state index in [1.165, 1.54) is 13.8 Å². The number of carbonyl (C=O) groups is 1. The van der Waals surface area contributed by atoms with Crippen molar-refractivity contribution >= 4 is 52.0 Å². The molecule has 0 saturated heterocycles. The van der Waals surface area contributed by atoms with Crippen LogP contribution in [0.5, 0.6) is 0 Å². The van der Waals surface area contributed by atoms with Crippen LogP contribution in [0.1, 0.15) is 29.1 Å². The molecule has 0 aromatic carbocycles. The standard InChI is InChI=1S/C7H6ClN3O3.C5H3Cl2N3O2/c1-3(12)5-6(11(13)14)7(8)10-4(2)9-5;1-2-8-4(6)3(10(11)12)5(7)9-2/h1-2H3;1H3. The third-order valence-corrected chi connectivity index (χ3v) is 3.35. The summed E-state index contributed by atoms with van der Waals surface area (Å²) >= 11 is 16.4. The predicted molar refractivity (Wildman–Crippen MR) is 91.9 cm³/mol. The van der Waals surface area contributed by atoms with Gasteiger partial charge in [0.1, 0.15) is 11.6 Å². The van der Waals surface area contributed by atoms with Crippen molar-refractivity contribution in [3.8, 4) is 0 Å². The van der Waals surface area contributed by atoms with Crippen LogP contribution in [0.25, 0.3) is 0 Å². The average molecular weight is 424 g/mol. The van der Waals surface area contributed by atoms with Gasteiger partial charge in [0, 0.05) is 6.92 Å². The maximum absolute atomic E-state index is 11.0. The number of nitrogens with zero attached hydrogens (tertiary/aromatic N) is 6. The van der Waals surface area contributed by atoms with Gasteiger partial charge in [0.05, 0.1) is 9.85 Å². The highest BCUT2D eigenvalue weighted by molar-refractivity contribution is 6.36. The van der Waals surface area contributed by atoms with Gasteiger partial charge >= 0.3 is 11.4 Å². The first-order valence-electron chi connectivity index (χ1n) is 6.49. The quantitative estimate of drug-likeness (QED) is 0.312. The molecule has 0 unspecified atom stereocenters. The lowest BCUT2D eigenvalue weighted by Crippen LogP contribution is -2.07. The second-order valence-corrected chi connectivity index (χ2v) is 5.60. The fourth-order valence-electron chi connectivity index (χ4n) is 1.59. The minimum atomic E-state index is -0.765. The van der Waals surface area contributed by atoms with Gasteiger partial charge in [0.2, 0.25) is 15.5 Å². The number of carbonyl (C=O) groups excluding carboxylic acids is 1. The van der Waals surface area contributed by atoms with E-state index in [9.17, 15) is 25.0 Å². The SMILES string of the molecule is CC(=O)c1nc(C)nc(Cl)c1[N+](=O)[O-].Cc1nc(Cl)c([N+](=O)[O-])c(Cl)n1. The van der Waals surface area contributed by atoms with Gasteiger partial charge in [-0.05, 0) is 13.8 Å². The molecule has 2 rings (SSSR count). The van der Waals surface area contributed by atoms with E-state index in [4.69, 9.17) is 34.8 Å². The summed E-state index contributed by atoms with van der Waals surface area (Å²) in [5.74, 6) is 0.0190. The van der Waals surface area contributed by atoms with Gasteiger partial charge in [0.25, 0.3) is 0 Å². The molecule has 2 heterocycles. The molecule has 26 heavy (non-hydrogen) atoms. The number of aryl methyl sites for hydroxylation is 2. The van der Waals surface area contributed by atoms with E-state index in [1.807, 2.05) is 0 Å². The van der Waals surface area contributed by atoms with E-state index in [1.54, 1.807) is 6.92 Å². The van der Waals surface area contributed by atoms with Gasteiger partial charge in [0.15, 0.2) is 11.5 Å². The van der Waals surface area contributed by atoms with Crippen molar-refractivity contribution in [2.45, 2.75) is 20.8 Å². The molecular formula is C12H9Cl3N6O5. The molecule has 138 valence electrons. The molecule has 0 radical (unpaired) electrons. The second-order valence-electron chi connectivity index (χ2n) is 4.53. The Hall–Kier alpha value is -2.50. The Labute approximate surface area is 160 Å². The molecule has 0 fully saturated rings. The summed E-state index contributed by atoms with van der Waals surface area (Å²) in [5, 5.41) is 20.1. The van der Waals surface area contributed by atoms with Crippen molar-refractivity contribution in [2.24, 2.45) is 0 Å². The third-order valence-electron chi connectivity index (χ3n) is 2.56. The molecule has 0 N–H and O–H groups in total. The van der Waals surface area contributed by atoms with Crippen molar-refractivity contribution in [1.82, 2.24) is 19.9 Å². The summed E-state index contributed by atoms with van der Waals surface area (Å²) in [6.45, 7) is 4.23. The molecule has 0 saturated carbocycles. The zero-order valence-electron chi connectivity index (χ0n) is 13.4. The molecule has 0 amide bonds. The summed E-state index contributed by atoms with van der Waals surface area (Å²) in [6, 6.07) is 0. The van der Waals surface area contributed by atoms with Crippen molar-refractivity contribution in [3.05, 3.63) is 53.0 Å². The van der Waals surface area contributed by atoms with Gasteiger partial charge in [-0.2, -0.15) is 0 Å². The Kier molecular flexibility index (Phi) is 7.24. The minimum absolute atomic E-state index is 0.228. The van der Waals surface area contributed by atoms with E-state index >= 15 is 0 Å². The maximum Gasteiger partial charge on any atom is 0.343 e. The van der Waals surface area contributed by atoms with Gasteiger partial charge in [-0.3, -0.25) is 25.0 Å². The van der Waals surface area contributed by atoms with Crippen LogP contribution < -0.4 is 0 Å². The van der Waals surface area contributed by atoms with Gasteiger partial charge < -0.3 is 0 Å². The summed E-state index contributed by atoms with van der Waals surface area (Å²) in [4.78, 5) is 44.8. The molecule has 2 aromatic rings. The number of nitro groups is 2. The number of aromatic nitrogens is 4. The van der Waals surface area contributed by atoms with E-state index in [-0.39, 0.29) is 27.0 Å². The van der Waals surface area contributed by atoms with Crippen LogP contribution in [-0.2, 0) is 0 Å². The number of hydrogen-bond acceptors (Lipinski definition) is 9. The van der Waals surface area contributed by atoms with Gasteiger partial charge in [-0.25, -0.2) is 19.9 Å². The third kappa shape index (κ3) is 5.25. The van der Waals surface area contributed by atoms with Crippen LogP contribution in [0.15, 0.2) is 0 Å². The van der Waals surface area contributed by atoms with Crippen molar-refractivity contribution < 1.29 is 14.6 Å². The van der Waals surface area contributed by atoms with Crippen LogP contribution >= 0.6 is 34.8 Å². The van der Waals surface area contributed by atoms with Gasteiger partial charge in [-0.1, -0.05) is 34.8 Å². The van der Waals surface area contributed by atoms with Gasteiger partial charge in [-0.15, -0.1) is 0 Å². The number of rotatable bonds is 3. The van der Waals surface area contributed by atoms with E-state index < -0.39 is 27.0 Å². The normalized spacial score (nSPS) is 9.92. The fourth-order valence-corrected chi connectivity index (χ4v) is 2.48. The Bertz CT molecular complexity index is 884. The Morgan fingerprint density at radius 1 is 0.808 bits per heavy atom. The number of hydrogen-bond donors (Lipinski definition) is 0. The van der Waals surface area contributed by atoms with Crippen LogP contribution in [0.2, 0.25) is 15.5 Å². The highest BCUT2D eigenvalue weighted by Gasteiger charge is 2.25. The first-order valence-corrected chi connectivity index (χ1v) is 7.62. The van der Waals surface area contributed by atoms with Crippen LogP contribution in [-0.4, -0.2) is 35.6 Å². The molecule has 2 aromatic heterocycles. The summed E-state index contributed by atoms with van der Waals surface area (Å²) < 4.78 is 0. The maximum atomic E-state index is 11.0. The topological polar surface area (TPSA) is 155 Å². The first kappa shape index (κ1) is 21.5. The monoisotopic (exact) mass is 422 g/mol. The summed E-state index contributed by atoms with van der Waals surface area (Å²) in [7, 11) is 0. The predicted octanol–water partition coefficient (Wildman–Crippen LogP) is 3.55. The Balaban J connectivity index is 0.000000263. The molecule has 0 aliphatic carbocycles. The van der Waals surface area contributed by atoms with Crippen molar-refractivity contribution in [1.29, 1.82) is 0 Å². The lowest BCUT2D eigenvalue weighted by molar-refractivity contribution is -0.385. The second kappa shape index (κ2) is 8.74. The van der Waals surface area contributed by atoms with Crippen LogP contribution in [0.3, 0.4) is 0 Å². The largest absolute Gasteiger partial charge is 0.343 e. The molecular weight excluding hydrogens is 415 g/mol. The van der Waals surface area contributed by atoms with E-state index in [0.717, 1.165) is 0 Å². The van der Waals surface area contributed by atoms with Crippen LogP contribution in [0, 0.1) is 34.1 Å². The summed E-state index contributed by atoms with van der Waals surface area (Å²) in [6.07, 6.45) is 0. The Morgan fingerprint density at radius 2 is 1.15 bits per heavy atom. The molecule has 0 aliphatic heterocycles. The highest BCUT2D eigenvalue weighted by Crippen LogP contribution is 2.28. The molecule has 0 atom stereocenters. The summed E-state index contributed by atoms with van der Waals surface area (Å²) in [5.41, 5.74) is -1.25. The first-order chi connectivity index (χ1) is 12.0. The Morgan fingerprint density at radius 3 is 1.50 bits per heavy atom. The zero-order chi connectivity index (χ0) is 20.2. The van der Waals surface area contributed by atoms with E-state index in [2.05, 4.69) is 19.9 Å². The number of ketones is 1. The molecule has 0 aliphatic rings. The lowest BCUT2D eigenvalue weighted by Gasteiger charge is -2.00. The molecule has 11 nitrogen and oxygen atoms in total. The fraction of sp³-hybridized carbons (Fsp3) is 0.250. The lowest BCUT2D eigenvalue weighted by atomic mass is 10.2.